The first-order valence-corrected chi connectivity index (χ1v) is 14.3. The summed E-state index contributed by atoms with van der Waals surface area (Å²) in [4.78, 5) is 9.62. The molecule has 4 aliphatic rings. The van der Waals surface area contributed by atoms with E-state index in [9.17, 15) is 5.11 Å². The van der Waals surface area contributed by atoms with Gasteiger partial charge in [-0.25, -0.2) is 0 Å². The summed E-state index contributed by atoms with van der Waals surface area (Å²) in [5, 5.41) is 13.5. The molecule has 0 N–H and O–H groups in total. The smallest absolute Gasteiger partial charge is 0.161 e. The second-order valence-corrected chi connectivity index (χ2v) is 11.9. The number of benzene rings is 2. The molecular formula is C31H40N3O4-. The van der Waals surface area contributed by atoms with Crippen LogP contribution in [0, 0.1) is 5.92 Å². The van der Waals surface area contributed by atoms with E-state index in [1.807, 2.05) is 6.07 Å². The minimum absolute atomic E-state index is 0.0459. The molecule has 0 aliphatic carbocycles. The highest BCUT2D eigenvalue weighted by atomic mass is 16.6. The molecule has 0 spiro atoms. The summed E-state index contributed by atoms with van der Waals surface area (Å²) < 4.78 is 17.7. The van der Waals surface area contributed by atoms with E-state index < -0.39 is 0 Å². The molecule has 4 heterocycles. The van der Waals surface area contributed by atoms with Gasteiger partial charge >= 0.3 is 0 Å². The molecule has 0 bridgehead atoms. The first-order chi connectivity index (χ1) is 18.4. The number of hydrogen-bond donors (Lipinski definition) is 0. The highest BCUT2D eigenvalue weighted by Crippen LogP contribution is 2.37. The molecule has 7 heteroatoms. The van der Waals surface area contributed by atoms with Crippen molar-refractivity contribution in [2.45, 2.75) is 64.0 Å². The monoisotopic (exact) mass is 518 g/mol. The number of ether oxygens (including phenoxy) is 3. The maximum absolute atomic E-state index is 13.5. The standard InChI is InChI=1S/C31H41N3O4/c1-31(2)11-9-23-6-7-26(19-28(23)38-31)34-14-10-24(20-34)30(35)32-25(21-33-12-3-4-13-33)17-22-5-8-27-29(18-22)37-16-15-36-27/h5-8,18-19,24-25H,3-4,9-17,20-21H2,1-2H3,(H,32,35)/p-1/t24-,25?/m1/s1. The minimum Gasteiger partial charge on any atom is -0.862 e. The van der Waals surface area contributed by atoms with Crippen LogP contribution >= 0.6 is 0 Å². The lowest BCUT2D eigenvalue weighted by molar-refractivity contribution is -0.223. The molecule has 4 aliphatic heterocycles. The third-order valence-corrected chi connectivity index (χ3v) is 8.39. The van der Waals surface area contributed by atoms with E-state index in [2.05, 4.69) is 54.0 Å². The van der Waals surface area contributed by atoms with Crippen molar-refractivity contribution in [2.75, 3.05) is 50.8 Å². The largest absolute Gasteiger partial charge is 0.862 e. The van der Waals surface area contributed by atoms with Gasteiger partial charge in [-0.15, -0.1) is 0 Å². The fourth-order valence-corrected chi connectivity index (χ4v) is 6.21. The molecule has 7 nitrogen and oxygen atoms in total. The van der Waals surface area contributed by atoms with E-state index in [0.29, 0.717) is 19.8 Å². The van der Waals surface area contributed by atoms with Gasteiger partial charge in [-0.1, -0.05) is 12.1 Å². The van der Waals surface area contributed by atoms with Gasteiger partial charge < -0.3 is 34.1 Å². The van der Waals surface area contributed by atoms with E-state index in [4.69, 9.17) is 19.2 Å². The zero-order chi connectivity index (χ0) is 26.1. The van der Waals surface area contributed by atoms with Crippen LogP contribution in [0.3, 0.4) is 0 Å². The van der Waals surface area contributed by atoms with Crippen molar-refractivity contribution in [3.05, 3.63) is 47.5 Å². The Labute approximate surface area is 226 Å². The van der Waals surface area contributed by atoms with Gasteiger partial charge in [0.25, 0.3) is 0 Å². The summed E-state index contributed by atoms with van der Waals surface area (Å²) in [7, 11) is 0. The van der Waals surface area contributed by atoms with Crippen LogP contribution < -0.4 is 24.2 Å². The predicted octanol–water partition coefficient (Wildman–Crippen LogP) is 3.85. The average molecular weight is 519 g/mol. The molecule has 0 saturated carbocycles. The summed E-state index contributed by atoms with van der Waals surface area (Å²) in [5.41, 5.74) is 3.43. The maximum Gasteiger partial charge on any atom is 0.161 e. The number of aryl methyl sites for hydroxylation is 1. The second kappa shape index (κ2) is 10.7. The Morgan fingerprint density at radius 3 is 2.68 bits per heavy atom. The molecule has 1 unspecified atom stereocenters. The van der Waals surface area contributed by atoms with Crippen LogP contribution in [0.15, 0.2) is 41.4 Å². The van der Waals surface area contributed by atoms with Gasteiger partial charge in [-0.3, -0.25) is 0 Å². The molecule has 2 aromatic rings. The highest BCUT2D eigenvalue weighted by Gasteiger charge is 2.29. The van der Waals surface area contributed by atoms with Gasteiger partial charge in [-0.2, -0.15) is 0 Å². The van der Waals surface area contributed by atoms with Gasteiger partial charge in [0.15, 0.2) is 11.5 Å². The number of nitrogens with zero attached hydrogens (tertiary/aromatic N) is 3. The number of rotatable bonds is 7. The van der Waals surface area contributed by atoms with Gasteiger partial charge in [-0.05, 0) is 101 Å². The molecule has 6 rings (SSSR count). The van der Waals surface area contributed by atoms with E-state index >= 15 is 0 Å². The molecular weight excluding hydrogens is 478 g/mol. The van der Waals surface area contributed by atoms with E-state index in [1.54, 1.807) is 0 Å². The van der Waals surface area contributed by atoms with Crippen LogP contribution in [0.1, 0.15) is 50.7 Å². The molecule has 2 atom stereocenters. The average Bonchev–Trinajstić information content (AvgIpc) is 3.60. The third kappa shape index (κ3) is 5.73. The van der Waals surface area contributed by atoms with Crippen LogP contribution in [0.5, 0.6) is 17.2 Å². The topological polar surface area (TPSA) is 69.6 Å². The number of aliphatic imine (C=N–C) groups is 1. The van der Waals surface area contributed by atoms with Crippen LogP contribution in [0.4, 0.5) is 5.69 Å². The number of likely N-dealkylation sites (tertiary alicyclic amines) is 1. The lowest BCUT2D eigenvalue weighted by Gasteiger charge is -2.33. The maximum atomic E-state index is 13.5. The Kier molecular flexibility index (Phi) is 7.12. The first kappa shape index (κ1) is 25.4. The number of hydrogen-bond acceptors (Lipinski definition) is 7. The van der Waals surface area contributed by atoms with Crippen LogP contribution in [-0.4, -0.2) is 68.4 Å². The SMILES string of the molecule is CC1(C)CCc2ccc(N3CC[C@@H](C([O-])=NC(Cc4ccc5c(c4)OCCO5)CN4CCCC4)C3)cc2O1. The molecule has 2 fully saturated rings. The van der Waals surface area contributed by atoms with E-state index in [-0.39, 0.29) is 23.5 Å². The van der Waals surface area contributed by atoms with E-state index in [0.717, 1.165) is 80.4 Å². The van der Waals surface area contributed by atoms with Crippen LogP contribution in [-0.2, 0) is 12.8 Å². The second-order valence-electron chi connectivity index (χ2n) is 11.9. The predicted molar refractivity (Wildman–Crippen MR) is 148 cm³/mol. The van der Waals surface area contributed by atoms with Crippen molar-refractivity contribution < 1.29 is 19.3 Å². The van der Waals surface area contributed by atoms with Gasteiger partial charge in [0.2, 0.25) is 0 Å². The minimum atomic E-state index is -0.129. The Bertz CT molecular complexity index is 1170. The Balaban J connectivity index is 1.15. The molecule has 2 saturated heterocycles. The molecule has 0 aromatic heterocycles. The van der Waals surface area contributed by atoms with Crippen molar-refractivity contribution >= 4 is 11.6 Å². The Hall–Kier alpha value is -2.93. The van der Waals surface area contributed by atoms with Gasteiger partial charge in [0.1, 0.15) is 24.6 Å². The molecule has 204 valence electrons. The normalized spacial score (nSPS) is 23.7. The fraction of sp³-hybridized carbons (Fsp3) is 0.581. The van der Waals surface area contributed by atoms with Crippen molar-refractivity contribution in [1.29, 1.82) is 0 Å². The summed E-state index contributed by atoms with van der Waals surface area (Å²) in [6, 6.07) is 12.6. The summed E-state index contributed by atoms with van der Waals surface area (Å²) in [5.74, 6) is 2.56. The van der Waals surface area contributed by atoms with Gasteiger partial charge in [0.05, 0.1) is 6.04 Å². The zero-order valence-electron chi connectivity index (χ0n) is 22.8. The van der Waals surface area contributed by atoms with Gasteiger partial charge in [0, 0.05) is 37.3 Å². The zero-order valence-corrected chi connectivity index (χ0v) is 22.8. The first-order valence-electron chi connectivity index (χ1n) is 14.3. The summed E-state index contributed by atoms with van der Waals surface area (Å²) in [6.07, 6.45) is 6.10. The summed E-state index contributed by atoms with van der Waals surface area (Å²) in [6.45, 7) is 10.1. The molecule has 0 radical (unpaired) electrons. The fourth-order valence-electron chi connectivity index (χ4n) is 6.21. The van der Waals surface area contributed by atoms with Crippen LogP contribution in [0.25, 0.3) is 0 Å². The van der Waals surface area contributed by atoms with Crippen molar-refractivity contribution in [1.82, 2.24) is 4.90 Å². The number of fused-ring (bicyclic) bond motifs is 2. The van der Waals surface area contributed by atoms with Crippen LogP contribution in [0.2, 0.25) is 0 Å². The lowest BCUT2D eigenvalue weighted by Crippen LogP contribution is -2.36. The molecule has 2 aromatic carbocycles. The quantitative estimate of drug-likeness (QED) is 0.410. The van der Waals surface area contributed by atoms with Crippen molar-refractivity contribution in [2.24, 2.45) is 10.9 Å². The highest BCUT2D eigenvalue weighted by molar-refractivity contribution is 5.76. The van der Waals surface area contributed by atoms with E-state index in [1.165, 1.54) is 18.4 Å². The van der Waals surface area contributed by atoms with Crippen molar-refractivity contribution in [3.63, 3.8) is 0 Å². The lowest BCUT2D eigenvalue weighted by atomic mass is 9.94. The molecule has 0 amide bonds. The Morgan fingerprint density at radius 1 is 1.03 bits per heavy atom. The van der Waals surface area contributed by atoms with Crippen molar-refractivity contribution in [3.8, 4) is 17.2 Å². The molecule has 38 heavy (non-hydrogen) atoms. The summed E-state index contributed by atoms with van der Waals surface area (Å²) >= 11 is 0. The Morgan fingerprint density at radius 2 is 1.84 bits per heavy atom. The third-order valence-electron chi connectivity index (χ3n) is 8.39. The number of anilines is 1.